The summed E-state index contributed by atoms with van der Waals surface area (Å²) in [7, 11) is 0. The van der Waals surface area contributed by atoms with Crippen LogP contribution in [0, 0.1) is 18.8 Å². The van der Waals surface area contributed by atoms with Gasteiger partial charge in [-0.25, -0.2) is 9.97 Å². The van der Waals surface area contributed by atoms with Gasteiger partial charge in [-0.3, -0.25) is 4.79 Å². The lowest BCUT2D eigenvalue weighted by atomic mass is 9.79. The molecule has 6 nitrogen and oxygen atoms in total. The molecule has 2 aliphatic carbocycles. The topological polar surface area (TPSA) is 80.9 Å². The molecule has 0 spiro atoms. The van der Waals surface area contributed by atoms with E-state index in [2.05, 4.69) is 15.5 Å². The van der Waals surface area contributed by atoms with E-state index in [1.165, 1.54) is 12.8 Å². The van der Waals surface area contributed by atoms with E-state index in [1.807, 2.05) is 33.0 Å². The predicted octanol–water partition coefficient (Wildman–Crippen LogP) is 4.36. The molecule has 0 bridgehead atoms. The average molecular weight is 383 g/mol. The van der Waals surface area contributed by atoms with Gasteiger partial charge in [-0.05, 0) is 51.4 Å². The molecule has 4 rings (SSSR count). The normalized spacial score (nSPS) is 22.4. The van der Waals surface area contributed by atoms with E-state index in [4.69, 9.17) is 9.51 Å². The fraction of sp³-hybridized carbons (Fsp3) is 0.636. The van der Waals surface area contributed by atoms with Gasteiger partial charge in [0, 0.05) is 36.6 Å². The van der Waals surface area contributed by atoms with Crippen molar-refractivity contribution in [2.24, 2.45) is 11.8 Å². The lowest BCUT2D eigenvalue weighted by Crippen LogP contribution is -2.33. The summed E-state index contributed by atoms with van der Waals surface area (Å²) in [6, 6.07) is 1.96. The van der Waals surface area contributed by atoms with Gasteiger partial charge in [0.05, 0.1) is 17.0 Å². The van der Waals surface area contributed by atoms with Gasteiger partial charge in [-0.1, -0.05) is 19.0 Å². The maximum absolute atomic E-state index is 11.8. The summed E-state index contributed by atoms with van der Waals surface area (Å²) in [5, 5.41) is 7.14. The van der Waals surface area contributed by atoms with Crippen LogP contribution in [-0.4, -0.2) is 27.6 Å². The van der Waals surface area contributed by atoms with Gasteiger partial charge in [0.25, 0.3) is 0 Å². The second-order valence-electron chi connectivity index (χ2n) is 8.75. The molecule has 1 amide bonds. The molecule has 6 heteroatoms. The van der Waals surface area contributed by atoms with E-state index in [1.54, 1.807) is 0 Å². The van der Waals surface area contributed by atoms with Crippen LogP contribution in [0.1, 0.15) is 81.4 Å². The van der Waals surface area contributed by atoms with Crippen molar-refractivity contribution in [3.63, 3.8) is 0 Å². The summed E-state index contributed by atoms with van der Waals surface area (Å²) in [5.74, 6) is 3.45. The Morgan fingerprint density at radius 3 is 2.50 bits per heavy atom. The second-order valence-corrected chi connectivity index (χ2v) is 8.75. The number of rotatable bonds is 6. The Hall–Kier alpha value is -2.24. The van der Waals surface area contributed by atoms with Crippen LogP contribution >= 0.6 is 0 Å². The molecule has 2 aromatic rings. The van der Waals surface area contributed by atoms with Crippen molar-refractivity contribution < 1.29 is 9.32 Å². The quantitative estimate of drug-likeness (QED) is 0.803. The molecule has 0 radical (unpaired) electrons. The fourth-order valence-corrected chi connectivity index (χ4v) is 4.03. The molecule has 0 unspecified atom stereocenters. The van der Waals surface area contributed by atoms with Gasteiger partial charge < -0.3 is 9.84 Å². The molecule has 0 saturated heterocycles. The minimum atomic E-state index is 0.0473. The third kappa shape index (κ3) is 4.26. The molecule has 2 aliphatic rings. The number of amides is 1. The van der Waals surface area contributed by atoms with Gasteiger partial charge >= 0.3 is 0 Å². The number of hydrogen-bond acceptors (Lipinski definition) is 5. The Balaban J connectivity index is 1.47. The van der Waals surface area contributed by atoms with E-state index in [0.29, 0.717) is 17.8 Å². The number of carbonyl (C=O) groups is 1. The van der Waals surface area contributed by atoms with Gasteiger partial charge in [-0.15, -0.1) is 0 Å². The lowest BCUT2D eigenvalue weighted by Gasteiger charge is -2.29. The summed E-state index contributed by atoms with van der Waals surface area (Å²) in [4.78, 5) is 21.5. The van der Waals surface area contributed by atoms with Crippen molar-refractivity contribution in [1.82, 2.24) is 20.4 Å². The summed E-state index contributed by atoms with van der Waals surface area (Å²) >= 11 is 0. The van der Waals surface area contributed by atoms with E-state index >= 15 is 0 Å². The fourth-order valence-electron chi connectivity index (χ4n) is 4.03. The zero-order chi connectivity index (χ0) is 19.7. The molecule has 0 atom stereocenters. The highest BCUT2D eigenvalue weighted by atomic mass is 16.5. The SMILES string of the molecule is Cc1cc(-c2cnc(C3CC3)nc2C2CCC(CNC(=O)C(C)C)CC2)on1. The zero-order valence-electron chi connectivity index (χ0n) is 17.1. The standard InChI is InChI=1S/C22H30N4O2/c1-13(2)22(27)24-11-15-4-6-16(7-5-15)20-18(19-10-14(3)26-28-19)12-23-21(25-20)17-8-9-17/h10,12-13,15-17H,4-9,11H2,1-3H3,(H,24,27). The monoisotopic (exact) mass is 382 g/mol. The average Bonchev–Trinajstić information content (AvgIpc) is 3.47. The maximum atomic E-state index is 11.8. The third-order valence-corrected chi connectivity index (χ3v) is 6.00. The van der Waals surface area contributed by atoms with E-state index in [9.17, 15) is 4.79 Å². The Kier molecular flexibility index (Phi) is 5.47. The van der Waals surface area contributed by atoms with Crippen molar-refractivity contribution in [3.05, 3.63) is 29.5 Å². The first kappa shape index (κ1) is 19.1. The van der Waals surface area contributed by atoms with Crippen molar-refractivity contribution in [2.75, 3.05) is 6.54 Å². The van der Waals surface area contributed by atoms with E-state index in [-0.39, 0.29) is 11.8 Å². The number of carbonyl (C=O) groups excluding carboxylic acids is 1. The molecule has 1 N–H and O–H groups in total. The summed E-state index contributed by atoms with van der Waals surface area (Å²) in [6.45, 7) is 6.59. The largest absolute Gasteiger partial charge is 0.356 e. The molecule has 2 heterocycles. The van der Waals surface area contributed by atoms with Crippen molar-refractivity contribution in [1.29, 1.82) is 0 Å². The molecule has 0 aromatic carbocycles. The number of aromatic nitrogens is 3. The van der Waals surface area contributed by atoms with Crippen molar-refractivity contribution >= 4 is 5.91 Å². The summed E-state index contributed by atoms with van der Waals surface area (Å²) in [5.41, 5.74) is 2.98. The van der Waals surface area contributed by atoms with Crippen LogP contribution in [0.2, 0.25) is 0 Å². The smallest absolute Gasteiger partial charge is 0.222 e. The van der Waals surface area contributed by atoms with Gasteiger partial charge in [0.15, 0.2) is 5.76 Å². The first-order valence-electron chi connectivity index (χ1n) is 10.6. The van der Waals surface area contributed by atoms with Crippen LogP contribution in [0.4, 0.5) is 0 Å². The van der Waals surface area contributed by atoms with Crippen LogP contribution in [0.15, 0.2) is 16.8 Å². The molecule has 2 fully saturated rings. The van der Waals surface area contributed by atoms with Crippen LogP contribution < -0.4 is 5.32 Å². The Bertz CT molecular complexity index is 833. The van der Waals surface area contributed by atoms with Crippen LogP contribution in [0.3, 0.4) is 0 Å². The van der Waals surface area contributed by atoms with Gasteiger partial charge in [-0.2, -0.15) is 0 Å². The molecular weight excluding hydrogens is 352 g/mol. The minimum absolute atomic E-state index is 0.0473. The molecular formula is C22H30N4O2. The maximum Gasteiger partial charge on any atom is 0.222 e. The molecule has 2 saturated carbocycles. The first-order valence-corrected chi connectivity index (χ1v) is 10.6. The van der Waals surface area contributed by atoms with Gasteiger partial charge in [0.1, 0.15) is 5.82 Å². The Labute approximate surface area is 166 Å². The second kappa shape index (κ2) is 8.02. The minimum Gasteiger partial charge on any atom is -0.356 e. The number of nitrogens with zero attached hydrogens (tertiary/aromatic N) is 3. The Morgan fingerprint density at radius 2 is 1.89 bits per heavy atom. The van der Waals surface area contributed by atoms with Crippen molar-refractivity contribution in [3.8, 4) is 11.3 Å². The first-order chi connectivity index (χ1) is 13.5. The number of nitrogens with one attached hydrogen (secondary N) is 1. The molecule has 28 heavy (non-hydrogen) atoms. The molecule has 2 aromatic heterocycles. The molecule has 150 valence electrons. The van der Waals surface area contributed by atoms with E-state index < -0.39 is 0 Å². The van der Waals surface area contributed by atoms with Crippen LogP contribution in [0.5, 0.6) is 0 Å². The summed E-state index contributed by atoms with van der Waals surface area (Å²) in [6.07, 6.45) is 8.73. The zero-order valence-corrected chi connectivity index (χ0v) is 17.1. The van der Waals surface area contributed by atoms with Crippen molar-refractivity contribution in [2.45, 2.75) is 71.1 Å². The highest BCUT2D eigenvalue weighted by Crippen LogP contribution is 2.42. The molecule has 0 aliphatic heterocycles. The predicted molar refractivity (Wildman–Crippen MR) is 107 cm³/mol. The van der Waals surface area contributed by atoms with Crippen LogP contribution in [0.25, 0.3) is 11.3 Å². The third-order valence-electron chi connectivity index (χ3n) is 6.00. The summed E-state index contributed by atoms with van der Waals surface area (Å²) < 4.78 is 5.53. The van der Waals surface area contributed by atoms with Gasteiger partial charge in [0.2, 0.25) is 5.91 Å². The number of hydrogen-bond donors (Lipinski definition) is 1. The Morgan fingerprint density at radius 1 is 1.18 bits per heavy atom. The number of aryl methyl sites for hydroxylation is 1. The highest BCUT2D eigenvalue weighted by molar-refractivity contribution is 5.77. The highest BCUT2D eigenvalue weighted by Gasteiger charge is 2.31. The van der Waals surface area contributed by atoms with Crippen LogP contribution in [-0.2, 0) is 4.79 Å². The lowest BCUT2D eigenvalue weighted by molar-refractivity contribution is -0.124. The van der Waals surface area contributed by atoms with E-state index in [0.717, 1.165) is 60.8 Å².